The molecule has 0 radical (unpaired) electrons. The highest BCUT2D eigenvalue weighted by molar-refractivity contribution is 6.06. The average molecular weight is 357 g/mol. The standard InChI is InChI=1S/C19H20FN3O3/c1-22-8-10-23(11-9-22)17-7-4-14(19(25)26)12-16(17)21-18(24)13-2-5-15(20)6-3-13/h2-7,12H,8-11H2,1H3,(H,21,24)(H,25,26). The number of rotatable bonds is 4. The van der Waals surface area contributed by atoms with Crippen molar-refractivity contribution in [1.82, 2.24) is 4.90 Å². The van der Waals surface area contributed by atoms with E-state index in [1.54, 1.807) is 6.07 Å². The van der Waals surface area contributed by atoms with Crippen LogP contribution in [0.2, 0.25) is 0 Å². The number of carbonyl (C=O) groups excluding carboxylic acids is 1. The molecule has 1 amide bonds. The molecule has 1 heterocycles. The van der Waals surface area contributed by atoms with E-state index in [0.29, 0.717) is 11.3 Å². The fourth-order valence-electron chi connectivity index (χ4n) is 2.89. The third-order valence-electron chi connectivity index (χ3n) is 4.44. The summed E-state index contributed by atoms with van der Waals surface area (Å²) < 4.78 is 13.0. The van der Waals surface area contributed by atoms with E-state index in [4.69, 9.17) is 0 Å². The molecule has 26 heavy (non-hydrogen) atoms. The molecule has 0 atom stereocenters. The highest BCUT2D eigenvalue weighted by atomic mass is 19.1. The number of carboxylic acid groups (broad SMARTS) is 1. The third-order valence-corrected chi connectivity index (χ3v) is 4.44. The zero-order chi connectivity index (χ0) is 18.7. The summed E-state index contributed by atoms with van der Waals surface area (Å²) in [6.45, 7) is 3.32. The first kappa shape index (κ1) is 17.9. The molecule has 6 nitrogen and oxygen atoms in total. The van der Waals surface area contributed by atoms with Gasteiger partial charge in [-0.3, -0.25) is 4.79 Å². The van der Waals surface area contributed by atoms with Gasteiger partial charge in [-0.2, -0.15) is 0 Å². The summed E-state index contributed by atoms with van der Waals surface area (Å²) in [5.74, 6) is -1.90. The van der Waals surface area contributed by atoms with Crippen molar-refractivity contribution in [2.24, 2.45) is 0 Å². The van der Waals surface area contributed by atoms with Crippen molar-refractivity contribution < 1.29 is 19.1 Å². The number of hydrogen-bond donors (Lipinski definition) is 2. The number of anilines is 2. The van der Waals surface area contributed by atoms with Crippen LogP contribution in [0.1, 0.15) is 20.7 Å². The molecule has 2 N–H and O–H groups in total. The van der Waals surface area contributed by atoms with Crippen LogP contribution >= 0.6 is 0 Å². The van der Waals surface area contributed by atoms with Crippen LogP contribution in [-0.4, -0.2) is 55.1 Å². The lowest BCUT2D eigenvalue weighted by Crippen LogP contribution is -2.44. The maximum atomic E-state index is 13.0. The molecule has 1 fully saturated rings. The molecule has 1 aliphatic rings. The Morgan fingerprint density at radius 1 is 1.00 bits per heavy atom. The van der Waals surface area contributed by atoms with Gasteiger partial charge in [-0.25, -0.2) is 9.18 Å². The van der Waals surface area contributed by atoms with Crippen LogP contribution in [0.3, 0.4) is 0 Å². The number of halogens is 1. The Morgan fingerprint density at radius 3 is 2.23 bits per heavy atom. The van der Waals surface area contributed by atoms with E-state index in [0.717, 1.165) is 31.9 Å². The summed E-state index contributed by atoms with van der Waals surface area (Å²) >= 11 is 0. The van der Waals surface area contributed by atoms with Gasteiger partial charge in [0, 0.05) is 31.7 Å². The second-order valence-corrected chi connectivity index (χ2v) is 6.29. The predicted octanol–water partition coefficient (Wildman–Crippen LogP) is 2.53. The van der Waals surface area contributed by atoms with Crippen LogP contribution in [0.15, 0.2) is 42.5 Å². The molecule has 3 rings (SSSR count). The van der Waals surface area contributed by atoms with Crippen molar-refractivity contribution in [3.05, 3.63) is 59.4 Å². The Bertz CT molecular complexity index is 815. The van der Waals surface area contributed by atoms with Crippen LogP contribution in [0, 0.1) is 5.82 Å². The van der Waals surface area contributed by atoms with Crippen molar-refractivity contribution in [2.45, 2.75) is 0 Å². The normalized spacial score (nSPS) is 14.9. The molecule has 136 valence electrons. The van der Waals surface area contributed by atoms with Gasteiger partial charge in [-0.1, -0.05) is 0 Å². The van der Waals surface area contributed by atoms with Gasteiger partial charge in [0.25, 0.3) is 5.91 Å². The van der Waals surface area contributed by atoms with E-state index < -0.39 is 17.7 Å². The van der Waals surface area contributed by atoms with Gasteiger partial charge < -0.3 is 20.2 Å². The summed E-state index contributed by atoms with van der Waals surface area (Å²) in [5.41, 5.74) is 1.61. The maximum Gasteiger partial charge on any atom is 0.335 e. The molecule has 7 heteroatoms. The molecule has 1 saturated heterocycles. The molecule has 2 aromatic rings. The Morgan fingerprint density at radius 2 is 1.62 bits per heavy atom. The lowest BCUT2D eigenvalue weighted by Gasteiger charge is -2.35. The smallest absolute Gasteiger partial charge is 0.335 e. The zero-order valence-corrected chi connectivity index (χ0v) is 14.4. The highest BCUT2D eigenvalue weighted by Gasteiger charge is 2.20. The SMILES string of the molecule is CN1CCN(c2ccc(C(=O)O)cc2NC(=O)c2ccc(F)cc2)CC1. The second-order valence-electron chi connectivity index (χ2n) is 6.29. The molecule has 1 aliphatic heterocycles. The summed E-state index contributed by atoms with van der Waals surface area (Å²) in [5, 5.41) is 12.0. The number of hydrogen-bond acceptors (Lipinski definition) is 4. The number of nitrogens with one attached hydrogen (secondary N) is 1. The van der Waals surface area contributed by atoms with Gasteiger partial charge >= 0.3 is 5.97 Å². The first-order valence-electron chi connectivity index (χ1n) is 8.32. The van der Waals surface area contributed by atoms with Gasteiger partial charge in [0.05, 0.1) is 16.9 Å². The van der Waals surface area contributed by atoms with E-state index >= 15 is 0 Å². The van der Waals surface area contributed by atoms with E-state index in [9.17, 15) is 19.1 Å². The van der Waals surface area contributed by atoms with Gasteiger partial charge in [0.15, 0.2) is 0 Å². The monoisotopic (exact) mass is 357 g/mol. The molecule has 0 aliphatic carbocycles. The molecule has 2 aromatic carbocycles. The largest absolute Gasteiger partial charge is 0.478 e. The highest BCUT2D eigenvalue weighted by Crippen LogP contribution is 2.29. The minimum Gasteiger partial charge on any atom is -0.478 e. The third kappa shape index (κ3) is 4.00. The average Bonchev–Trinajstić information content (AvgIpc) is 2.63. The molecule has 0 unspecified atom stereocenters. The number of benzene rings is 2. The van der Waals surface area contributed by atoms with E-state index in [1.807, 2.05) is 7.05 Å². The summed E-state index contributed by atoms with van der Waals surface area (Å²) in [6.07, 6.45) is 0. The molecular formula is C19H20FN3O3. The minimum atomic E-state index is -1.06. The van der Waals surface area contributed by atoms with Crippen LogP contribution in [0.25, 0.3) is 0 Å². The van der Waals surface area contributed by atoms with Crippen LogP contribution in [-0.2, 0) is 0 Å². The fraction of sp³-hybridized carbons (Fsp3) is 0.263. The number of piperazine rings is 1. The van der Waals surface area contributed by atoms with Crippen molar-refractivity contribution in [3.63, 3.8) is 0 Å². The van der Waals surface area contributed by atoms with Crippen LogP contribution in [0.5, 0.6) is 0 Å². The lowest BCUT2D eigenvalue weighted by molar-refractivity contribution is 0.0696. The number of likely N-dealkylation sites (N-methyl/N-ethyl adjacent to an activating group) is 1. The van der Waals surface area contributed by atoms with Gasteiger partial charge in [-0.05, 0) is 49.5 Å². The fourth-order valence-corrected chi connectivity index (χ4v) is 2.89. The second kappa shape index (κ2) is 7.53. The Labute approximate surface area is 150 Å². The van der Waals surface area contributed by atoms with E-state index in [2.05, 4.69) is 15.1 Å². The lowest BCUT2D eigenvalue weighted by atomic mass is 10.1. The van der Waals surface area contributed by atoms with E-state index in [1.165, 1.54) is 36.4 Å². The quantitative estimate of drug-likeness (QED) is 0.880. The number of aromatic carboxylic acids is 1. The summed E-state index contributed by atoms with van der Waals surface area (Å²) in [6, 6.07) is 9.91. The zero-order valence-electron chi connectivity index (χ0n) is 14.4. The summed E-state index contributed by atoms with van der Waals surface area (Å²) in [4.78, 5) is 28.1. The van der Waals surface area contributed by atoms with Crippen LogP contribution in [0.4, 0.5) is 15.8 Å². The molecule has 0 spiro atoms. The number of nitrogens with zero attached hydrogens (tertiary/aromatic N) is 2. The maximum absolute atomic E-state index is 13.0. The van der Waals surface area contributed by atoms with Gasteiger partial charge in [0.1, 0.15) is 5.82 Å². The Hall–Kier alpha value is -2.93. The number of amides is 1. The number of carboxylic acids is 1. The Kier molecular flexibility index (Phi) is 5.18. The molecule has 0 aromatic heterocycles. The molecular weight excluding hydrogens is 337 g/mol. The first-order chi connectivity index (χ1) is 12.4. The molecule has 0 bridgehead atoms. The van der Waals surface area contributed by atoms with Gasteiger partial charge in [-0.15, -0.1) is 0 Å². The van der Waals surface area contributed by atoms with Gasteiger partial charge in [0.2, 0.25) is 0 Å². The van der Waals surface area contributed by atoms with Crippen molar-refractivity contribution in [1.29, 1.82) is 0 Å². The van der Waals surface area contributed by atoms with Crippen molar-refractivity contribution in [2.75, 3.05) is 43.4 Å². The molecule has 0 saturated carbocycles. The first-order valence-corrected chi connectivity index (χ1v) is 8.32. The van der Waals surface area contributed by atoms with Crippen molar-refractivity contribution in [3.8, 4) is 0 Å². The minimum absolute atomic E-state index is 0.0947. The number of carbonyl (C=O) groups is 2. The topological polar surface area (TPSA) is 72.9 Å². The Balaban J connectivity index is 1.89. The van der Waals surface area contributed by atoms with Crippen molar-refractivity contribution >= 4 is 23.3 Å². The summed E-state index contributed by atoms with van der Waals surface area (Å²) in [7, 11) is 2.04. The van der Waals surface area contributed by atoms with E-state index in [-0.39, 0.29) is 5.56 Å². The van der Waals surface area contributed by atoms with Crippen LogP contribution < -0.4 is 10.2 Å². The predicted molar refractivity (Wildman–Crippen MR) is 97.5 cm³/mol.